The molecule has 0 unspecified atom stereocenters. The molecule has 0 bridgehead atoms. The number of carbonyl (C=O) groups is 1. The Labute approximate surface area is 92.9 Å². The lowest BCUT2D eigenvalue weighted by Crippen LogP contribution is -2.19. The van der Waals surface area contributed by atoms with Gasteiger partial charge in [-0.2, -0.15) is 0 Å². The molecule has 0 spiro atoms. The number of imidazole rings is 1. The maximum atomic E-state index is 11.0. The minimum atomic E-state index is -0.720. The first-order valence-electron chi connectivity index (χ1n) is 5.02. The van der Waals surface area contributed by atoms with Crippen molar-refractivity contribution in [3.63, 3.8) is 0 Å². The largest absolute Gasteiger partial charge is 0.481 e. The van der Waals surface area contributed by atoms with Gasteiger partial charge in [0.05, 0.1) is 17.4 Å². The fraction of sp³-hybridized carbons (Fsp3) is 0.600. The Kier molecular flexibility index (Phi) is 2.46. The van der Waals surface area contributed by atoms with Crippen LogP contribution in [-0.4, -0.2) is 20.6 Å². The van der Waals surface area contributed by atoms with E-state index in [-0.39, 0.29) is 0 Å². The highest BCUT2D eigenvalue weighted by Crippen LogP contribution is 2.49. The zero-order chi connectivity index (χ0) is 11.1. The van der Waals surface area contributed by atoms with E-state index in [0.29, 0.717) is 11.6 Å². The second-order valence-electron chi connectivity index (χ2n) is 4.03. The van der Waals surface area contributed by atoms with Crippen LogP contribution >= 0.6 is 11.6 Å². The van der Waals surface area contributed by atoms with E-state index >= 15 is 0 Å². The molecule has 1 N–H and O–H groups in total. The average Bonchev–Trinajstić information content (AvgIpc) is 2.90. The number of aromatic nitrogens is 2. The summed E-state index contributed by atoms with van der Waals surface area (Å²) in [6.07, 6.45) is 3.64. The van der Waals surface area contributed by atoms with Crippen molar-refractivity contribution in [2.24, 2.45) is 5.41 Å². The van der Waals surface area contributed by atoms with Crippen molar-refractivity contribution >= 4 is 17.6 Å². The van der Waals surface area contributed by atoms with Gasteiger partial charge in [0.25, 0.3) is 0 Å². The first-order chi connectivity index (χ1) is 7.09. The summed E-state index contributed by atoms with van der Waals surface area (Å²) in [5, 5.41) is 9.52. The molecule has 0 atom stereocenters. The van der Waals surface area contributed by atoms with Gasteiger partial charge >= 0.3 is 5.97 Å². The Bertz CT molecular complexity index is 396. The van der Waals surface area contributed by atoms with Gasteiger partial charge in [0.15, 0.2) is 0 Å². The van der Waals surface area contributed by atoms with Gasteiger partial charge in [0.1, 0.15) is 5.15 Å². The predicted molar refractivity (Wildman–Crippen MR) is 55.9 cm³/mol. The Morgan fingerprint density at radius 2 is 2.40 bits per heavy atom. The van der Waals surface area contributed by atoms with Crippen LogP contribution in [-0.2, 0) is 17.8 Å². The molecule has 1 aliphatic carbocycles. The molecule has 5 heteroatoms. The highest BCUT2D eigenvalue weighted by molar-refractivity contribution is 6.30. The number of hydrogen-bond donors (Lipinski definition) is 1. The Hall–Kier alpha value is -1.03. The third-order valence-electron chi connectivity index (χ3n) is 3.05. The standard InChI is InChI=1S/C10H13ClN2O2/c1-2-13-6-12-8(11)7(13)5-10(3-4-10)9(14)15/h6H,2-5H2,1H3,(H,14,15). The molecule has 0 saturated heterocycles. The predicted octanol–water partition coefficient (Wildman–Crippen LogP) is 1.96. The first kappa shape index (κ1) is 10.5. The fourth-order valence-corrected chi connectivity index (χ4v) is 1.99. The van der Waals surface area contributed by atoms with E-state index in [0.717, 1.165) is 25.1 Å². The molecule has 1 heterocycles. The van der Waals surface area contributed by atoms with E-state index in [2.05, 4.69) is 4.98 Å². The summed E-state index contributed by atoms with van der Waals surface area (Å²) >= 11 is 5.94. The van der Waals surface area contributed by atoms with Gasteiger partial charge in [0.2, 0.25) is 0 Å². The van der Waals surface area contributed by atoms with Crippen molar-refractivity contribution < 1.29 is 9.90 Å². The van der Waals surface area contributed by atoms with Crippen LogP contribution in [0.3, 0.4) is 0 Å². The zero-order valence-electron chi connectivity index (χ0n) is 8.53. The van der Waals surface area contributed by atoms with Crippen LogP contribution in [0.4, 0.5) is 0 Å². The number of nitrogens with zero attached hydrogens (tertiary/aromatic N) is 2. The highest BCUT2D eigenvalue weighted by Gasteiger charge is 2.50. The monoisotopic (exact) mass is 228 g/mol. The Morgan fingerprint density at radius 3 is 2.87 bits per heavy atom. The number of rotatable bonds is 4. The second-order valence-corrected chi connectivity index (χ2v) is 4.39. The third kappa shape index (κ3) is 1.74. The molecule has 0 amide bonds. The summed E-state index contributed by atoms with van der Waals surface area (Å²) in [6, 6.07) is 0. The molecule has 0 aromatic carbocycles. The van der Waals surface area contributed by atoms with Gasteiger partial charge in [0, 0.05) is 13.0 Å². The molecule has 0 aliphatic heterocycles. The van der Waals surface area contributed by atoms with Crippen LogP contribution in [0.1, 0.15) is 25.5 Å². The van der Waals surface area contributed by atoms with Crippen LogP contribution < -0.4 is 0 Å². The summed E-state index contributed by atoms with van der Waals surface area (Å²) in [5.74, 6) is -0.720. The van der Waals surface area contributed by atoms with Crippen molar-refractivity contribution in [2.45, 2.75) is 32.7 Å². The van der Waals surface area contributed by atoms with Gasteiger partial charge in [-0.15, -0.1) is 0 Å². The first-order valence-corrected chi connectivity index (χ1v) is 5.40. The molecular weight excluding hydrogens is 216 g/mol. The lowest BCUT2D eigenvalue weighted by atomic mass is 10.0. The minimum Gasteiger partial charge on any atom is -0.481 e. The maximum absolute atomic E-state index is 11.0. The Morgan fingerprint density at radius 1 is 1.73 bits per heavy atom. The summed E-state index contributed by atoms with van der Waals surface area (Å²) < 4.78 is 1.91. The van der Waals surface area contributed by atoms with E-state index < -0.39 is 11.4 Å². The molecule has 1 saturated carbocycles. The molecule has 4 nitrogen and oxygen atoms in total. The summed E-state index contributed by atoms with van der Waals surface area (Å²) in [7, 11) is 0. The topological polar surface area (TPSA) is 55.1 Å². The van der Waals surface area contributed by atoms with Crippen molar-refractivity contribution in [1.29, 1.82) is 0 Å². The van der Waals surface area contributed by atoms with Crippen LogP contribution in [0.15, 0.2) is 6.33 Å². The van der Waals surface area contributed by atoms with E-state index in [1.807, 2.05) is 11.5 Å². The number of aliphatic carboxylic acids is 1. The van der Waals surface area contributed by atoms with Crippen molar-refractivity contribution in [1.82, 2.24) is 9.55 Å². The second kappa shape index (κ2) is 3.52. The molecular formula is C10H13ClN2O2. The Balaban J connectivity index is 2.24. The zero-order valence-corrected chi connectivity index (χ0v) is 9.29. The number of hydrogen-bond acceptors (Lipinski definition) is 2. The molecule has 1 aromatic rings. The molecule has 1 aliphatic rings. The van der Waals surface area contributed by atoms with Crippen molar-refractivity contribution in [3.8, 4) is 0 Å². The van der Waals surface area contributed by atoms with Crippen molar-refractivity contribution in [2.75, 3.05) is 0 Å². The average molecular weight is 229 g/mol. The van der Waals surface area contributed by atoms with Gasteiger partial charge in [-0.25, -0.2) is 4.98 Å². The van der Waals surface area contributed by atoms with E-state index in [1.165, 1.54) is 0 Å². The maximum Gasteiger partial charge on any atom is 0.310 e. The van der Waals surface area contributed by atoms with E-state index in [9.17, 15) is 4.79 Å². The lowest BCUT2D eigenvalue weighted by Gasteiger charge is -2.11. The number of halogens is 1. The molecule has 1 fully saturated rings. The van der Waals surface area contributed by atoms with Crippen LogP contribution in [0, 0.1) is 5.41 Å². The molecule has 15 heavy (non-hydrogen) atoms. The van der Waals surface area contributed by atoms with Gasteiger partial charge < -0.3 is 9.67 Å². The number of aryl methyl sites for hydroxylation is 1. The minimum absolute atomic E-state index is 0.435. The van der Waals surface area contributed by atoms with Gasteiger partial charge in [-0.1, -0.05) is 11.6 Å². The van der Waals surface area contributed by atoms with E-state index in [1.54, 1.807) is 6.33 Å². The third-order valence-corrected chi connectivity index (χ3v) is 3.36. The van der Waals surface area contributed by atoms with Gasteiger partial charge in [-0.05, 0) is 19.8 Å². The van der Waals surface area contributed by atoms with Crippen LogP contribution in [0.5, 0.6) is 0 Å². The summed E-state index contributed by atoms with van der Waals surface area (Å²) in [4.78, 5) is 15.0. The van der Waals surface area contributed by atoms with Crippen molar-refractivity contribution in [3.05, 3.63) is 17.2 Å². The van der Waals surface area contributed by atoms with Crippen LogP contribution in [0.25, 0.3) is 0 Å². The molecule has 0 radical (unpaired) electrons. The molecule has 82 valence electrons. The highest BCUT2D eigenvalue weighted by atomic mass is 35.5. The van der Waals surface area contributed by atoms with E-state index in [4.69, 9.17) is 16.7 Å². The smallest absolute Gasteiger partial charge is 0.310 e. The SMILES string of the molecule is CCn1cnc(Cl)c1CC1(C(=O)O)CC1. The van der Waals surface area contributed by atoms with Gasteiger partial charge in [-0.3, -0.25) is 4.79 Å². The summed E-state index contributed by atoms with van der Waals surface area (Å²) in [5.41, 5.74) is 0.274. The molecule has 2 rings (SSSR count). The fourth-order valence-electron chi connectivity index (χ4n) is 1.77. The normalized spacial score (nSPS) is 17.7. The quantitative estimate of drug-likeness (QED) is 0.857. The number of carboxylic acids is 1. The summed E-state index contributed by atoms with van der Waals surface area (Å²) in [6.45, 7) is 2.76. The van der Waals surface area contributed by atoms with Crippen LogP contribution in [0.2, 0.25) is 5.15 Å². The lowest BCUT2D eigenvalue weighted by molar-refractivity contribution is -0.143. The molecule has 1 aromatic heterocycles. The number of carboxylic acid groups (broad SMARTS) is 1.